The van der Waals surface area contributed by atoms with Crippen LogP contribution in [0.3, 0.4) is 0 Å². The van der Waals surface area contributed by atoms with Crippen LogP contribution in [0.4, 0.5) is 0 Å². The molecule has 0 aliphatic carbocycles. The van der Waals surface area contributed by atoms with E-state index in [-0.39, 0.29) is 18.1 Å². The lowest BCUT2D eigenvalue weighted by atomic mass is 10.1. The van der Waals surface area contributed by atoms with Gasteiger partial charge in [0.25, 0.3) is 0 Å². The van der Waals surface area contributed by atoms with Crippen molar-refractivity contribution < 1.29 is 24.2 Å². The molecule has 96 valence electrons. The van der Waals surface area contributed by atoms with Crippen molar-refractivity contribution in [1.29, 1.82) is 0 Å². The summed E-state index contributed by atoms with van der Waals surface area (Å²) in [6, 6.07) is 4.34. The van der Waals surface area contributed by atoms with E-state index in [2.05, 4.69) is 5.32 Å². The Balaban J connectivity index is 0.000000202. The van der Waals surface area contributed by atoms with Crippen LogP contribution in [0.1, 0.15) is 26.3 Å². The Bertz CT molecular complexity index is 460. The van der Waals surface area contributed by atoms with Crippen molar-refractivity contribution in [2.75, 3.05) is 19.9 Å². The van der Waals surface area contributed by atoms with Crippen molar-refractivity contribution in [2.45, 2.75) is 6.61 Å². The van der Waals surface area contributed by atoms with Gasteiger partial charge in [0.2, 0.25) is 0 Å². The fraction of sp³-hybridized carbons (Fsp3) is 0.333. The van der Waals surface area contributed by atoms with Gasteiger partial charge in [-0.25, -0.2) is 9.59 Å². The number of benzene rings is 1. The van der Waals surface area contributed by atoms with Crippen molar-refractivity contribution in [3.8, 4) is 0 Å². The molecule has 1 saturated heterocycles. The van der Waals surface area contributed by atoms with Gasteiger partial charge < -0.3 is 14.6 Å². The van der Waals surface area contributed by atoms with Crippen LogP contribution in [-0.4, -0.2) is 36.9 Å². The molecular formula is C12H13NO5. The minimum Gasteiger partial charge on any atom is -0.478 e. The van der Waals surface area contributed by atoms with Crippen molar-refractivity contribution in [1.82, 2.24) is 5.32 Å². The summed E-state index contributed by atoms with van der Waals surface area (Å²) >= 11 is 0. The summed E-state index contributed by atoms with van der Waals surface area (Å²) in [6.07, 6.45) is 0. The number of cyclic esters (lactones) is 1. The van der Waals surface area contributed by atoms with Crippen LogP contribution >= 0.6 is 0 Å². The molecule has 1 aromatic carbocycles. The van der Waals surface area contributed by atoms with Crippen LogP contribution in [0.2, 0.25) is 0 Å². The predicted molar refractivity (Wildman–Crippen MR) is 61.3 cm³/mol. The molecule has 18 heavy (non-hydrogen) atoms. The number of aromatic carboxylic acids is 1. The quantitative estimate of drug-likeness (QED) is 0.712. The van der Waals surface area contributed by atoms with Crippen LogP contribution in [0.5, 0.6) is 0 Å². The Labute approximate surface area is 104 Å². The zero-order valence-corrected chi connectivity index (χ0v) is 9.64. The van der Waals surface area contributed by atoms with Crippen molar-refractivity contribution >= 4 is 11.9 Å². The third-order valence-electron chi connectivity index (χ3n) is 2.56. The first-order valence-corrected chi connectivity index (χ1v) is 5.50. The molecule has 2 aliphatic heterocycles. The van der Waals surface area contributed by atoms with Gasteiger partial charge >= 0.3 is 11.9 Å². The monoisotopic (exact) mass is 251 g/mol. The van der Waals surface area contributed by atoms with Crippen molar-refractivity contribution in [3.05, 3.63) is 34.9 Å². The minimum atomic E-state index is -0.998. The average Bonchev–Trinajstić information content (AvgIpc) is 3.02. The molecule has 1 aromatic rings. The number of ether oxygens (including phenoxy) is 2. The van der Waals surface area contributed by atoms with E-state index in [4.69, 9.17) is 14.6 Å². The Hall–Kier alpha value is -1.92. The highest BCUT2D eigenvalue weighted by molar-refractivity contribution is 5.95. The molecule has 2 heterocycles. The first-order valence-electron chi connectivity index (χ1n) is 5.50. The number of hydrogen-bond donors (Lipinski definition) is 2. The number of hydrogen-bond acceptors (Lipinski definition) is 5. The third-order valence-corrected chi connectivity index (χ3v) is 2.56. The molecule has 6 nitrogen and oxygen atoms in total. The lowest BCUT2D eigenvalue weighted by Gasteiger charge is -1.95. The highest BCUT2D eigenvalue weighted by Gasteiger charge is 2.21. The van der Waals surface area contributed by atoms with Gasteiger partial charge in [0.15, 0.2) is 0 Å². The number of carboxylic acids is 1. The SMILES string of the molecule is C1COCN1.O=C(O)c1ccc2c(c1)COC2=O. The predicted octanol–water partition coefficient (Wildman–Crippen LogP) is 0.619. The lowest BCUT2D eigenvalue weighted by Crippen LogP contribution is -2.05. The summed E-state index contributed by atoms with van der Waals surface area (Å²) in [5, 5.41) is 11.7. The summed E-state index contributed by atoms with van der Waals surface area (Å²) in [5.41, 5.74) is 1.28. The van der Waals surface area contributed by atoms with Crippen molar-refractivity contribution in [3.63, 3.8) is 0 Å². The maximum Gasteiger partial charge on any atom is 0.338 e. The van der Waals surface area contributed by atoms with E-state index in [1.807, 2.05) is 0 Å². The van der Waals surface area contributed by atoms with Gasteiger partial charge in [-0.05, 0) is 18.2 Å². The molecule has 0 bridgehead atoms. The maximum absolute atomic E-state index is 11.0. The lowest BCUT2D eigenvalue weighted by molar-refractivity contribution is 0.0535. The van der Waals surface area contributed by atoms with E-state index in [1.165, 1.54) is 18.2 Å². The fourth-order valence-corrected chi connectivity index (χ4v) is 1.63. The molecule has 0 unspecified atom stereocenters. The van der Waals surface area contributed by atoms with Crippen LogP contribution in [0, 0.1) is 0 Å². The second-order valence-corrected chi connectivity index (χ2v) is 3.81. The van der Waals surface area contributed by atoms with E-state index in [0.29, 0.717) is 11.1 Å². The third kappa shape index (κ3) is 2.85. The molecule has 2 aliphatic rings. The van der Waals surface area contributed by atoms with Gasteiger partial charge in [-0.3, -0.25) is 5.32 Å². The zero-order valence-electron chi connectivity index (χ0n) is 9.64. The number of esters is 1. The molecule has 2 N–H and O–H groups in total. The second kappa shape index (κ2) is 5.61. The summed E-state index contributed by atoms with van der Waals surface area (Å²) in [7, 11) is 0. The van der Waals surface area contributed by atoms with E-state index in [1.54, 1.807) is 0 Å². The summed E-state index contributed by atoms with van der Waals surface area (Å²) in [5.74, 6) is -1.38. The molecular weight excluding hydrogens is 238 g/mol. The number of nitrogens with one attached hydrogen (secondary N) is 1. The fourth-order valence-electron chi connectivity index (χ4n) is 1.63. The Morgan fingerprint density at radius 3 is 2.78 bits per heavy atom. The second-order valence-electron chi connectivity index (χ2n) is 3.81. The van der Waals surface area contributed by atoms with Crippen LogP contribution in [0.15, 0.2) is 18.2 Å². The molecule has 0 spiro atoms. The van der Waals surface area contributed by atoms with Crippen LogP contribution in [-0.2, 0) is 16.1 Å². The highest BCUT2D eigenvalue weighted by atomic mass is 16.5. The number of fused-ring (bicyclic) bond motifs is 1. The minimum absolute atomic E-state index is 0.176. The highest BCUT2D eigenvalue weighted by Crippen LogP contribution is 2.20. The maximum atomic E-state index is 11.0. The number of rotatable bonds is 1. The molecule has 0 amide bonds. The standard InChI is InChI=1S/C9H6O4.C3H7NO/c10-8(11)5-1-2-7-6(3-5)4-13-9(7)12;1-2-5-3-4-1/h1-3H,4H2,(H,10,11);4H,1-3H2. The van der Waals surface area contributed by atoms with Gasteiger partial charge in [0, 0.05) is 12.1 Å². The number of carbonyl (C=O) groups excluding carboxylic acids is 1. The zero-order chi connectivity index (χ0) is 13.0. The molecule has 0 saturated carbocycles. The number of carbonyl (C=O) groups is 2. The number of carboxylic acid groups (broad SMARTS) is 1. The first kappa shape index (κ1) is 12.5. The normalized spacial score (nSPS) is 16.6. The van der Waals surface area contributed by atoms with Gasteiger partial charge in [-0.2, -0.15) is 0 Å². The summed E-state index contributed by atoms with van der Waals surface area (Å²) < 4.78 is 9.56. The smallest absolute Gasteiger partial charge is 0.338 e. The molecule has 3 rings (SSSR count). The largest absolute Gasteiger partial charge is 0.478 e. The molecule has 0 aromatic heterocycles. The average molecular weight is 251 g/mol. The van der Waals surface area contributed by atoms with Gasteiger partial charge in [0.05, 0.1) is 24.5 Å². The molecule has 0 atom stereocenters. The van der Waals surface area contributed by atoms with E-state index < -0.39 is 5.97 Å². The molecule has 0 radical (unpaired) electrons. The van der Waals surface area contributed by atoms with Crippen LogP contribution < -0.4 is 5.32 Å². The Morgan fingerprint density at radius 2 is 2.22 bits per heavy atom. The molecule has 6 heteroatoms. The van der Waals surface area contributed by atoms with Crippen LogP contribution in [0.25, 0.3) is 0 Å². The van der Waals surface area contributed by atoms with Crippen molar-refractivity contribution in [2.24, 2.45) is 0 Å². The Morgan fingerprint density at radius 1 is 1.39 bits per heavy atom. The van der Waals surface area contributed by atoms with Gasteiger partial charge in [-0.15, -0.1) is 0 Å². The van der Waals surface area contributed by atoms with Gasteiger partial charge in [0.1, 0.15) is 6.61 Å². The summed E-state index contributed by atoms with van der Waals surface area (Å²) in [4.78, 5) is 21.5. The Kier molecular flexibility index (Phi) is 3.91. The summed E-state index contributed by atoms with van der Waals surface area (Å²) in [6.45, 7) is 2.84. The van der Waals surface area contributed by atoms with E-state index in [0.717, 1.165) is 19.9 Å². The molecule has 1 fully saturated rings. The van der Waals surface area contributed by atoms with Gasteiger partial charge in [-0.1, -0.05) is 0 Å². The van der Waals surface area contributed by atoms with E-state index in [9.17, 15) is 9.59 Å². The first-order chi connectivity index (χ1) is 8.68. The topological polar surface area (TPSA) is 84.9 Å². The van der Waals surface area contributed by atoms with E-state index >= 15 is 0 Å².